The number of rotatable bonds is 4. The van der Waals surface area contributed by atoms with Crippen LogP contribution < -0.4 is 5.32 Å². The van der Waals surface area contributed by atoms with Gasteiger partial charge in [-0.2, -0.15) is 0 Å². The van der Waals surface area contributed by atoms with Crippen LogP contribution in [0, 0.1) is 0 Å². The van der Waals surface area contributed by atoms with Gasteiger partial charge in [-0.1, -0.05) is 27.5 Å². The third kappa shape index (κ3) is 5.85. The van der Waals surface area contributed by atoms with E-state index in [1.807, 2.05) is 39.0 Å². The molecule has 0 atom stereocenters. The second kappa shape index (κ2) is 6.55. The molecule has 0 fully saturated rings. The first-order chi connectivity index (χ1) is 8.28. The Kier molecular flexibility index (Phi) is 5.63. The highest BCUT2D eigenvalue weighted by molar-refractivity contribution is 9.10. The van der Waals surface area contributed by atoms with Gasteiger partial charge in [-0.25, -0.2) is 0 Å². The molecule has 0 aromatic heterocycles. The van der Waals surface area contributed by atoms with Crippen molar-refractivity contribution in [2.45, 2.75) is 32.9 Å². The molecule has 1 aromatic carbocycles. The van der Waals surface area contributed by atoms with Crippen LogP contribution in [0.3, 0.4) is 0 Å². The number of halogens is 2. The van der Waals surface area contributed by atoms with Gasteiger partial charge in [0.15, 0.2) is 0 Å². The summed E-state index contributed by atoms with van der Waals surface area (Å²) < 4.78 is 6.15. The van der Waals surface area contributed by atoms with Crippen LogP contribution in [0.4, 0.5) is 0 Å². The average Bonchev–Trinajstić information content (AvgIpc) is 2.20. The summed E-state index contributed by atoms with van der Waals surface area (Å²) in [6.07, 6.45) is 0. The van der Waals surface area contributed by atoms with Crippen molar-refractivity contribution < 1.29 is 9.53 Å². The Bertz CT molecular complexity index is 429. The van der Waals surface area contributed by atoms with Gasteiger partial charge in [-0.3, -0.25) is 4.79 Å². The molecular formula is C13H17BrClNO2. The van der Waals surface area contributed by atoms with Crippen molar-refractivity contribution >= 4 is 33.5 Å². The van der Waals surface area contributed by atoms with Crippen molar-refractivity contribution in [3.63, 3.8) is 0 Å². The van der Waals surface area contributed by atoms with E-state index in [0.717, 1.165) is 10.0 Å². The molecule has 0 bridgehead atoms. The summed E-state index contributed by atoms with van der Waals surface area (Å²) in [5.74, 6) is -0.263. The highest BCUT2D eigenvalue weighted by Crippen LogP contribution is 2.20. The third-order valence-corrected chi connectivity index (χ3v) is 3.02. The average molecular weight is 335 g/mol. The number of hydrogen-bond donors (Lipinski definition) is 1. The Hall–Kier alpha value is -0.580. The van der Waals surface area contributed by atoms with E-state index < -0.39 is 5.60 Å². The molecule has 0 saturated carbocycles. The maximum absolute atomic E-state index is 11.5. The summed E-state index contributed by atoms with van der Waals surface area (Å²) in [5.41, 5.74) is 0.557. The van der Waals surface area contributed by atoms with Crippen LogP contribution in [0.15, 0.2) is 22.7 Å². The van der Waals surface area contributed by atoms with Crippen molar-refractivity contribution in [2.75, 3.05) is 6.54 Å². The van der Waals surface area contributed by atoms with E-state index in [1.165, 1.54) is 0 Å². The lowest BCUT2D eigenvalue weighted by atomic mass is 10.2. The molecule has 18 heavy (non-hydrogen) atoms. The van der Waals surface area contributed by atoms with Crippen molar-refractivity contribution in [2.24, 2.45) is 0 Å². The third-order valence-electron chi connectivity index (χ3n) is 2.01. The van der Waals surface area contributed by atoms with E-state index >= 15 is 0 Å². The Morgan fingerprint density at radius 3 is 2.72 bits per heavy atom. The van der Waals surface area contributed by atoms with Crippen LogP contribution in [0.25, 0.3) is 0 Å². The molecule has 3 nitrogen and oxygen atoms in total. The fourth-order valence-corrected chi connectivity index (χ4v) is 1.94. The summed E-state index contributed by atoms with van der Waals surface area (Å²) in [5, 5.41) is 3.70. The number of carbonyl (C=O) groups excluding carboxylic acids is 1. The molecule has 1 aromatic rings. The van der Waals surface area contributed by atoms with Crippen molar-refractivity contribution in [1.82, 2.24) is 5.32 Å². The first kappa shape index (κ1) is 15.5. The minimum atomic E-state index is -0.449. The molecule has 1 rings (SSSR count). The van der Waals surface area contributed by atoms with Gasteiger partial charge in [0.05, 0.1) is 6.54 Å². The van der Waals surface area contributed by atoms with Crippen LogP contribution >= 0.6 is 27.5 Å². The molecule has 5 heteroatoms. The number of esters is 1. The Morgan fingerprint density at radius 2 is 2.11 bits per heavy atom. The van der Waals surface area contributed by atoms with E-state index in [1.54, 1.807) is 0 Å². The second-order valence-electron chi connectivity index (χ2n) is 4.93. The lowest BCUT2D eigenvalue weighted by molar-refractivity contribution is -0.153. The minimum absolute atomic E-state index is 0.177. The van der Waals surface area contributed by atoms with Gasteiger partial charge in [0.25, 0.3) is 0 Å². The first-order valence-corrected chi connectivity index (χ1v) is 6.81. The quantitative estimate of drug-likeness (QED) is 0.856. The largest absolute Gasteiger partial charge is 0.459 e. The number of carbonyl (C=O) groups is 1. The highest BCUT2D eigenvalue weighted by atomic mass is 79.9. The van der Waals surface area contributed by atoms with Crippen LogP contribution in [0.2, 0.25) is 5.02 Å². The molecule has 0 saturated heterocycles. The summed E-state index contributed by atoms with van der Waals surface area (Å²) in [6.45, 7) is 6.27. The molecule has 0 radical (unpaired) electrons. The molecule has 0 heterocycles. The number of ether oxygens (including phenoxy) is 1. The highest BCUT2D eigenvalue weighted by Gasteiger charge is 2.15. The molecule has 0 aliphatic rings. The summed E-state index contributed by atoms with van der Waals surface area (Å²) in [4.78, 5) is 11.5. The Morgan fingerprint density at radius 1 is 1.44 bits per heavy atom. The lowest BCUT2D eigenvalue weighted by Crippen LogP contribution is -2.31. The number of nitrogens with one attached hydrogen (secondary N) is 1. The second-order valence-corrected chi connectivity index (χ2v) is 6.22. The van der Waals surface area contributed by atoms with Gasteiger partial charge < -0.3 is 10.1 Å². The minimum Gasteiger partial charge on any atom is -0.459 e. The number of hydrogen-bond acceptors (Lipinski definition) is 3. The van der Waals surface area contributed by atoms with E-state index in [0.29, 0.717) is 11.6 Å². The van der Waals surface area contributed by atoms with E-state index in [9.17, 15) is 4.79 Å². The summed E-state index contributed by atoms with van der Waals surface area (Å²) >= 11 is 9.34. The maximum Gasteiger partial charge on any atom is 0.320 e. The number of benzene rings is 1. The van der Waals surface area contributed by atoms with Gasteiger partial charge in [0, 0.05) is 16.0 Å². The van der Waals surface area contributed by atoms with E-state index in [4.69, 9.17) is 16.3 Å². The molecule has 0 aliphatic heterocycles. The first-order valence-electron chi connectivity index (χ1n) is 5.64. The Balaban J connectivity index is 2.42. The van der Waals surface area contributed by atoms with Gasteiger partial charge in [0.1, 0.15) is 5.60 Å². The zero-order valence-corrected chi connectivity index (χ0v) is 13.1. The SMILES string of the molecule is CC(C)(C)OC(=O)CNCc1cc(Cl)ccc1Br. The standard InChI is InChI=1S/C13H17BrClNO2/c1-13(2,3)18-12(17)8-16-7-9-6-10(15)4-5-11(9)14/h4-6,16H,7-8H2,1-3H3. The predicted molar refractivity (Wildman–Crippen MR) is 76.7 cm³/mol. The molecule has 0 amide bonds. The monoisotopic (exact) mass is 333 g/mol. The molecule has 100 valence electrons. The maximum atomic E-state index is 11.5. The fourth-order valence-electron chi connectivity index (χ4n) is 1.36. The van der Waals surface area contributed by atoms with Crippen molar-refractivity contribution in [3.05, 3.63) is 33.3 Å². The van der Waals surface area contributed by atoms with E-state index in [-0.39, 0.29) is 12.5 Å². The summed E-state index contributed by atoms with van der Waals surface area (Å²) in [6, 6.07) is 5.55. The van der Waals surface area contributed by atoms with E-state index in [2.05, 4.69) is 21.2 Å². The zero-order valence-electron chi connectivity index (χ0n) is 10.7. The van der Waals surface area contributed by atoms with Crippen molar-refractivity contribution in [1.29, 1.82) is 0 Å². The van der Waals surface area contributed by atoms with Crippen LogP contribution in [-0.4, -0.2) is 18.1 Å². The lowest BCUT2D eigenvalue weighted by Gasteiger charge is -2.19. The molecule has 0 unspecified atom stereocenters. The van der Waals surface area contributed by atoms with Gasteiger partial charge >= 0.3 is 5.97 Å². The Labute approximate surface area is 121 Å². The van der Waals surface area contributed by atoms with Gasteiger partial charge in [0.2, 0.25) is 0 Å². The predicted octanol–water partition coefficient (Wildman–Crippen LogP) is 3.53. The molecular weight excluding hydrogens is 318 g/mol. The molecule has 0 spiro atoms. The van der Waals surface area contributed by atoms with Gasteiger partial charge in [-0.05, 0) is 44.5 Å². The normalized spacial score (nSPS) is 11.4. The van der Waals surface area contributed by atoms with Crippen LogP contribution in [0.5, 0.6) is 0 Å². The molecule has 1 N–H and O–H groups in total. The molecule has 0 aliphatic carbocycles. The van der Waals surface area contributed by atoms with Crippen molar-refractivity contribution in [3.8, 4) is 0 Å². The smallest absolute Gasteiger partial charge is 0.320 e. The fraction of sp³-hybridized carbons (Fsp3) is 0.462. The topological polar surface area (TPSA) is 38.3 Å². The summed E-state index contributed by atoms with van der Waals surface area (Å²) in [7, 11) is 0. The van der Waals surface area contributed by atoms with Crippen LogP contribution in [-0.2, 0) is 16.1 Å². The van der Waals surface area contributed by atoms with Crippen LogP contribution in [0.1, 0.15) is 26.3 Å². The van der Waals surface area contributed by atoms with Gasteiger partial charge in [-0.15, -0.1) is 0 Å². The zero-order chi connectivity index (χ0) is 13.8.